The number of ether oxygens (including phenoxy) is 1. The SMILES string of the molecule is CC.CCCN(CCC)C(=O)c1cc2cc(Nc3nccc(-c4cc(OCCCF)ccn4)n3)ccc2[nH]1. The van der Waals surface area contributed by atoms with Gasteiger partial charge in [-0.1, -0.05) is 27.7 Å². The number of H-pyrrole nitrogens is 1. The number of benzene rings is 1. The fourth-order valence-electron chi connectivity index (χ4n) is 3.93. The highest BCUT2D eigenvalue weighted by Gasteiger charge is 2.17. The molecule has 9 heteroatoms. The Morgan fingerprint density at radius 3 is 2.50 bits per heavy atom. The normalized spacial score (nSPS) is 10.6. The van der Waals surface area contributed by atoms with Crippen molar-refractivity contribution in [3.63, 3.8) is 0 Å². The number of fused-ring (bicyclic) bond motifs is 1. The van der Waals surface area contributed by atoms with Crippen LogP contribution >= 0.6 is 0 Å². The van der Waals surface area contributed by atoms with Gasteiger partial charge in [0.25, 0.3) is 5.91 Å². The van der Waals surface area contributed by atoms with Crippen LogP contribution in [0.1, 0.15) is 57.4 Å². The smallest absolute Gasteiger partial charge is 0.270 e. The van der Waals surface area contributed by atoms with Gasteiger partial charge in [-0.25, -0.2) is 9.97 Å². The Hall–Kier alpha value is -4.01. The second-order valence-corrected chi connectivity index (χ2v) is 8.44. The molecule has 0 spiro atoms. The van der Waals surface area contributed by atoms with E-state index in [1.165, 1.54) is 0 Å². The van der Waals surface area contributed by atoms with Crippen LogP contribution in [0.3, 0.4) is 0 Å². The largest absolute Gasteiger partial charge is 0.493 e. The molecule has 0 atom stereocenters. The van der Waals surface area contributed by atoms with Gasteiger partial charge in [0.1, 0.15) is 11.4 Å². The maximum Gasteiger partial charge on any atom is 0.270 e. The molecule has 3 heterocycles. The third kappa shape index (κ3) is 7.50. The van der Waals surface area contributed by atoms with Crippen LogP contribution < -0.4 is 10.1 Å². The maximum atomic E-state index is 13.0. The number of alkyl halides is 1. The van der Waals surface area contributed by atoms with Crippen LogP contribution in [-0.2, 0) is 0 Å². The molecule has 0 saturated carbocycles. The summed E-state index contributed by atoms with van der Waals surface area (Å²) in [5.41, 5.74) is 3.53. The van der Waals surface area contributed by atoms with Crippen molar-refractivity contribution in [1.29, 1.82) is 0 Å². The maximum absolute atomic E-state index is 13.0. The molecule has 8 nitrogen and oxygen atoms in total. The first-order valence-corrected chi connectivity index (χ1v) is 13.3. The number of anilines is 2. The van der Waals surface area contributed by atoms with Crippen molar-refractivity contribution in [3.05, 3.63) is 60.6 Å². The van der Waals surface area contributed by atoms with E-state index >= 15 is 0 Å². The standard InChI is InChI=1S/C27H31FN6O2.C2H6/c1-3-13-34(14-4-2)26(35)25-17-19-16-20(6-7-22(19)32-25)31-27-30-12-9-23(33-27)24-18-21(8-11-29-24)36-15-5-10-28;1-2/h6-9,11-12,16-18,32H,3-5,10,13-15H2,1-2H3,(H,30,31,33);1-2H3. The van der Waals surface area contributed by atoms with Crippen molar-refractivity contribution in [2.45, 2.75) is 47.0 Å². The van der Waals surface area contributed by atoms with E-state index in [-0.39, 0.29) is 5.91 Å². The summed E-state index contributed by atoms with van der Waals surface area (Å²) < 4.78 is 17.9. The highest BCUT2D eigenvalue weighted by atomic mass is 19.1. The Labute approximate surface area is 223 Å². The molecular weight excluding hydrogens is 483 g/mol. The average Bonchev–Trinajstić information content (AvgIpc) is 3.38. The number of aromatic amines is 1. The summed E-state index contributed by atoms with van der Waals surface area (Å²) in [5.74, 6) is 1.05. The predicted octanol–water partition coefficient (Wildman–Crippen LogP) is 6.79. The number of amides is 1. The van der Waals surface area contributed by atoms with Crippen LogP contribution in [0.15, 0.2) is 54.9 Å². The first-order valence-electron chi connectivity index (χ1n) is 13.3. The van der Waals surface area contributed by atoms with Crippen LogP contribution in [0, 0.1) is 0 Å². The zero-order valence-corrected chi connectivity index (χ0v) is 22.6. The third-order valence-electron chi connectivity index (χ3n) is 5.58. The fraction of sp³-hybridized carbons (Fsp3) is 0.379. The molecule has 3 aromatic heterocycles. The molecule has 4 rings (SSSR count). The molecule has 0 fully saturated rings. The minimum absolute atomic E-state index is 0.0175. The Morgan fingerprint density at radius 1 is 1.00 bits per heavy atom. The van der Waals surface area contributed by atoms with E-state index in [0.717, 1.165) is 42.5 Å². The summed E-state index contributed by atoms with van der Waals surface area (Å²) in [6.07, 6.45) is 5.48. The van der Waals surface area contributed by atoms with Crippen molar-refractivity contribution >= 4 is 28.4 Å². The highest BCUT2D eigenvalue weighted by Crippen LogP contribution is 2.25. The zero-order valence-electron chi connectivity index (χ0n) is 22.6. The summed E-state index contributed by atoms with van der Waals surface area (Å²) in [7, 11) is 0. The molecule has 202 valence electrons. The first-order chi connectivity index (χ1) is 18.6. The van der Waals surface area contributed by atoms with Crippen molar-refractivity contribution in [3.8, 4) is 17.1 Å². The summed E-state index contributed by atoms with van der Waals surface area (Å²) in [6, 6.07) is 13.0. The summed E-state index contributed by atoms with van der Waals surface area (Å²) >= 11 is 0. The number of halogens is 1. The molecule has 0 aliphatic heterocycles. The second-order valence-electron chi connectivity index (χ2n) is 8.44. The molecule has 1 amide bonds. The molecule has 0 unspecified atom stereocenters. The Kier molecular flexibility index (Phi) is 11.0. The lowest BCUT2D eigenvalue weighted by Crippen LogP contribution is -2.32. The minimum Gasteiger partial charge on any atom is -0.493 e. The van der Waals surface area contributed by atoms with Crippen LogP contribution in [0.4, 0.5) is 16.0 Å². The number of hydrogen-bond donors (Lipinski definition) is 2. The minimum atomic E-state index is -0.415. The van der Waals surface area contributed by atoms with Crippen molar-refractivity contribution in [1.82, 2.24) is 24.8 Å². The number of rotatable bonds is 12. The van der Waals surface area contributed by atoms with Gasteiger partial charge in [-0.3, -0.25) is 14.2 Å². The molecule has 0 saturated heterocycles. The van der Waals surface area contributed by atoms with Gasteiger partial charge in [-0.2, -0.15) is 0 Å². The van der Waals surface area contributed by atoms with E-state index in [9.17, 15) is 9.18 Å². The number of carbonyl (C=O) groups is 1. The third-order valence-corrected chi connectivity index (χ3v) is 5.58. The molecule has 0 radical (unpaired) electrons. The topological polar surface area (TPSA) is 96.0 Å². The number of carbonyl (C=O) groups excluding carboxylic acids is 1. The van der Waals surface area contributed by atoms with Crippen LogP contribution in [-0.4, -0.2) is 57.1 Å². The molecule has 0 bridgehead atoms. The molecule has 2 N–H and O–H groups in total. The zero-order chi connectivity index (χ0) is 27.3. The van der Waals surface area contributed by atoms with Crippen LogP contribution in [0.25, 0.3) is 22.3 Å². The van der Waals surface area contributed by atoms with Gasteiger partial charge in [0.15, 0.2) is 0 Å². The van der Waals surface area contributed by atoms with Gasteiger partial charge < -0.3 is 19.9 Å². The van der Waals surface area contributed by atoms with Gasteiger partial charge in [0.05, 0.1) is 24.7 Å². The lowest BCUT2D eigenvalue weighted by molar-refractivity contribution is 0.0750. The van der Waals surface area contributed by atoms with Gasteiger partial charge in [0.2, 0.25) is 5.95 Å². The molecule has 1 aromatic carbocycles. The fourth-order valence-corrected chi connectivity index (χ4v) is 3.93. The van der Waals surface area contributed by atoms with Crippen molar-refractivity contribution in [2.24, 2.45) is 0 Å². The van der Waals surface area contributed by atoms with Gasteiger partial charge in [-0.15, -0.1) is 0 Å². The van der Waals surface area contributed by atoms with Gasteiger partial charge >= 0.3 is 0 Å². The summed E-state index contributed by atoms with van der Waals surface area (Å²) in [4.78, 5) is 31.4. The molecule has 0 aliphatic carbocycles. The second kappa shape index (κ2) is 14.7. The van der Waals surface area contributed by atoms with Crippen LogP contribution in [0.5, 0.6) is 5.75 Å². The summed E-state index contributed by atoms with van der Waals surface area (Å²) in [5, 5.41) is 4.16. The monoisotopic (exact) mass is 520 g/mol. The van der Waals surface area contributed by atoms with Crippen molar-refractivity contribution < 1.29 is 13.9 Å². The predicted molar refractivity (Wildman–Crippen MR) is 151 cm³/mol. The highest BCUT2D eigenvalue weighted by molar-refractivity contribution is 5.98. The van der Waals surface area contributed by atoms with Crippen LogP contribution in [0.2, 0.25) is 0 Å². The van der Waals surface area contributed by atoms with Gasteiger partial charge in [-0.05, 0) is 49.2 Å². The lowest BCUT2D eigenvalue weighted by Gasteiger charge is -2.20. The Morgan fingerprint density at radius 2 is 1.76 bits per heavy atom. The van der Waals surface area contributed by atoms with Crippen molar-refractivity contribution in [2.75, 3.05) is 31.7 Å². The quantitative estimate of drug-likeness (QED) is 0.200. The number of nitrogens with one attached hydrogen (secondary N) is 2. The first kappa shape index (κ1) is 28.6. The van der Waals surface area contributed by atoms with E-state index in [4.69, 9.17) is 4.74 Å². The number of nitrogens with zero attached hydrogens (tertiary/aromatic N) is 4. The van der Waals surface area contributed by atoms with E-state index in [2.05, 4.69) is 39.1 Å². The van der Waals surface area contributed by atoms with E-state index in [1.54, 1.807) is 30.6 Å². The van der Waals surface area contributed by atoms with Gasteiger partial charge in [0, 0.05) is 54.6 Å². The van der Waals surface area contributed by atoms with E-state index < -0.39 is 6.67 Å². The lowest BCUT2D eigenvalue weighted by atomic mass is 10.2. The Bertz CT molecular complexity index is 1300. The molecule has 38 heavy (non-hydrogen) atoms. The number of aromatic nitrogens is 4. The molecule has 0 aliphatic rings. The molecular formula is C29H37FN6O2. The Balaban J connectivity index is 0.00000195. The molecule has 4 aromatic rings. The van der Waals surface area contributed by atoms with E-state index in [0.29, 0.717) is 41.8 Å². The number of hydrogen-bond acceptors (Lipinski definition) is 6. The summed E-state index contributed by atoms with van der Waals surface area (Å²) in [6.45, 7) is 9.52. The number of pyridine rings is 1. The average molecular weight is 521 g/mol. The van der Waals surface area contributed by atoms with E-state index in [1.807, 2.05) is 43.0 Å².